The number of rotatable bonds is 7. The van der Waals surface area contributed by atoms with Crippen LogP contribution in [0.5, 0.6) is 0 Å². The Morgan fingerprint density at radius 1 is 1.29 bits per heavy atom. The van der Waals surface area contributed by atoms with Crippen LogP contribution in [0.15, 0.2) is 18.2 Å². The highest BCUT2D eigenvalue weighted by Crippen LogP contribution is 2.12. The van der Waals surface area contributed by atoms with E-state index in [1.165, 1.54) is 0 Å². The molecular formula is C14H19ClF2N2O2. The maximum atomic E-state index is 13.3. The van der Waals surface area contributed by atoms with Gasteiger partial charge in [-0.25, -0.2) is 8.78 Å². The molecule has 4 nitrogen and oxygen atoms in total. The summed E-state index contributed by atoms with van der Waals surface area (Å²) < 4.78 is 26.0. The molecule has 0 aliphatic rings. The summed E-state index contributed by atoms with van der Waals surface area (Å²) >= 11 is 0. The number of nitrogens with one attached hydrogen (secondary N) is 1. The Bertz CT molecular complexity index is 496. The zero-order valence-corrected chi connectivity index (χ0v) is 12.5. The molecule has 0 fully saturated rings. The van der Waals surface area contributed by atoms with E-state index in [9.17, 15) is 18.4 Å². The van der Waals surface area contributed by atoms with Crippen molar-refractivity contribution in [3.8, 4) is 0 Å². The summed E-state index contributed by atoms with van der Waals surface area (Å²) in [4.78, 5) is 23.1. The number of Topliss-reactive ketones (excluding diaryl/α,β-unsaturated/α-hetero) is 1. The van der Waals surface area contributed by atoms with Crippen LogP contribution in [-0.2, 0) is 4.79 Å². The van der Waals surface area contributed by atoms with Gasteiger partial charge in [0.05, 0.1) is 5.56 Å². The number of carbonyl (C=O) groups excluding carboxylic acids is 2. The molecule has 1 atom stereocenters. The average molecular weight is 321 g/mol. The van der Waals surface area contributed by atoms with E-state index in [4.69, 9.17) is 5.73 Å². The van der Waals surface area contributed by atoms with Crippen molar-refractivity contribution >= 4 is 24.1 Å². The van der Waals surface area contributed by atoms with Gasteiger partial charge >= 0.3 is 0 Å². The molecule has 1 aromatic carbocycles. The van der Waals surface area contributed by atoms with Crippen molar-refractivity contribution in [3.63, 3.8) is 0 Å². The van der Waals surface area contributed by atoms with Crippen molar-refractivity contribution in [2.24, 2.45) is 5.73 Å². The van der Waals surface area contributed by atoms with Gasteiger partial charge in [-0.1, -0.05) is 0 Å². The highest BCUT2D eigenvalue weighted by molar-refractivity contribution is 5.98. The molecule has 118 valence electrons. The maximum absolute atomic E-state index is 13.3. The van der Waals surface area contributed by atoms with Crippen LogP contribution in [0.4, 0.5) is 8.78 Å². The van der Waals surface area contributed by atoms with Gasteiger partial charge in [0.25, 0.3) is 0 Å². The number of carbonyl (C=O) groups is 2. The zero-order chi connectivity index (χ0) is 15.1. The minimum Gasteiger partial charge on any atom is -0.356 e. The van der Waals surface area contributed by atoms with Gasteiger partial charge in [-0.2, -0.15) is 0 Å². The third-order valence-corrected chi connectivity index (χ3v) is 2.73. The van der Waals surface area contributed by atoms with Gasteiger partial charge in [-0.15, -0.1) is 12.4 Å². The van der Waals surface area contributed by atoms with Crippen LogP contribution in [0.2, 0.25) is 0 Å². The summed E-state index contributed by atoms with van der Waals surface area (Å²) in [6.07, 6.45) is 0.493. The number of benzene rings is 1. The van der Waals surface area contributed by atoms with Crippen molar-refractivity contribution in [1.29, 1.82) is 0 Å². The molecule has 0 spiro atoms. The molecule has 0 saturated carbocycles. The van der Waals surface area contributed by atoms with Crippen LogP contribution in [0.3, 0.4) is 0 Å². The first-order valence-corrected chi connectivity index (χ1v) is 6.40. The Morgan fingerprint density at radius 2 is 1.95 bits per heavy atom. The third-order valence-electron chi connectivity index (χ3n) is 2.73. The lowest BCUT2D eigenvalue weighted by Gasteiger charge is -2.07. The Hall–Kier alpha value is -1.53. The number of ketones is 1. The fraction of sp³-hybridized carbons (Fsp3) is 0.429. The van der Waals surface area contributed by atoms with Gasteiger partial charge in [-0.3, -0.25) is 9.59 Å². The molecule has 7 heteroatoms. The molecule has 0 aliphatic carbocycles. The molecule has 1 aromatic rings. The van der Waals surface area contributed by atoms with Gasteiger partial charge in [0.15, 0.2) is 5.78 Å². The fourth-order valence-electron chi connectivity index (χ4n) is 1.60. The number of hydrogen-bond acceptors (Lipinski definition) is 3. The SMILES string of the molecule is CC(N)CCNC(=O)CCC(=O)c1ccc(F)cc1F.Cl. The van der Waals surface area contributed by atoms with Crippen molar-refractivity contribution in [1.82, 2.24) is 5.32 Å². The van der Waals surface area contributed by atoms with E-state index in [1.54, 1.807) is 0 Å². The highest BCUT2D eigenvalue weighted by atomic mass is 35.5. The second kappa shape index (κ2) is 9.41. The van der Waals surface area contributed by atoms with Crippen molar-refractivity contribution in [3.05, 3.63) is 35.4 Å². The average Bonchev–Trinajstić information content (AvgIpc) is 2.35. The van der Waals surface area contributed by atoms with Crippen LogP contribution < -0.4 is 11.1 Å². The van der Waals surface area contributed by atoms with Gasteiger partial charge in [0.1, 0.15) is 11.6 Å². The molecule has 1 unspecified atom stereocenters. The molecular weight excluding hydrogens is 302 g/mol. The second-order valence-corrected chi connectivity index (χ2v) is 4.66. The first-order chi connectivity index (χ1) is 9.40. The molecule has 1 amide bonds. The summed E-state index contributed by atoms with van der Waals surface area (Å²) in [6, 6.07) is 2.74. The van der Waals surface area contributed by atoms with E-state index in [0.29, 0.717) is 19.0 Å². The number of hydrogen-bond donors (Lipinski definition) is 2. The predicted molar refractivity (Wildman–Crippen MR) is 78.4 cm³/mol. The van der Waals surface area contributed by atoms with Crippen molar-refractivity contribution < 1.29 is 18.4 Å². The largest absolute Gasteiger partial charge is 0.356 e. The summed E-state index contributed by atoms with van der Waals surface area (Å²) in [6.45, 7) is 2.27. The lowest BCUT2D eigenvalue weighted by atomic mass is 10.1. The molecule has 21 heavy (non-hydrogen) atoms. The van der Waals surface area contributed by atoms with Gasteiger partial charge in [-0.05, 0) is 25.5 Å². The smallest absolute Gasteiger partial charge is 0.220 e. The van der Waals surface area contributed by atoms with E-state index in [1.807, 2.05) is 6.92 Å². The molecule has 0 aromatic heterocycles. The third kappa shape index (κ3) is 7.15. The van der Waals surface area contributed by atoms with Gasteiger partial charge < -0.3 is 11.1 Å². The summed E-state index contributed by atoms with van der Waals surface area (Å²) in [5.41, 5.74) is 5.33. The lowest BCUT2D eigenvalue weighted by Crippen LogP contribution is -2.29. The predicted octanol–water partition coefficient (Wildman–Crippen LogP) is 2.20. The molecule has 3 N–H and O–H groups in total. The standard InChI is InChI=1S/C14H18F2N2O2.ClH/c1-9(17)6-7-18-14(20)5-4-13(19)11-3-2-10(15)8-12(11)16;/h2-3,8-9H,4-7,17H2,1H3,(H,18,20);1H. The fourth-order valence-corrected chi connectivity index (χ4v) is 1.60. The minimum atomic E-state index is -0.910. The summed E-state index contributed by atoms with van der Waals surface area (Å²) in [7, 11) is 0. The van der Waals surface area contributed by atoms with Crippen LogP contribution in [-0.4, -0.2) is 24.3 Å². The van der Waals surface area contributed by atoms with E-state index in [2.05, 4.69) is 5.32 Å². The monoisotopic (exact) mass is 320 g/mol. The van der Waals surface area contributed by atoms with Crippen LogP contribution in [0, 0.1) is 11.6 Å². The Labute approximate surface area is 128 Å². The quantitative estimate of drug-likeness (QED) is 0.757. The Balaban J connectivity index is 0.00000400. The first-order valence-electron chi connectivity index (χ1n) is 6.40. The number of halogens is 3. The Morgan fingerprint density at radius 3 is 2.52 bits per heavy atom. The van der Waals surface area contributed by atoms with E-state index in [0.717, 1.165) is 12.1 Å². The molecule has 0 bridgehead atoms. The molecule has 1 rings (SSSR count). The van der Waals surface area contributed by atoms with Crippen LogP contribution >= 0.6 is 12.4 Å². The van der Waals surface area contributed by atoms with E-state index >= 15 is 0 Å². The number of nitrogens with two attached hydrogens (primary N) is 1. The first kappa shape index (κ1) is 19.5. The molecule has 0 aliphatic heterocycles. The lowest BCUT2D eigenvalue weighted by molar-refractivity contribution is -0.121. The van der Waals surface area contributed by atoms with Crippen LogP contribution in [0.25, 0.3) is 0 Å². The van der Waals surface area contributed by atoms with E-state index < -0.39 is 17.4 Å². The normalized spacial score (nSPS) is 11.4. The van der Waals surface area contributed by atoms with Crippen LogP contribution in [0.1, 0.15) is 36.5 Å². The zero-order valence-electron chi connectivity index (χ0n) is 11.7. The van der Waals surface area contributed by atoms with Crippen molar-refractivity contribution in [2.45, 2.75) is 32.2 Å². The Kier molecular flexibility index (Phi) is 8.73. The maximum Gasteiger partial charge on any atom is 0.220 e. The highest BCUT2D eigenvalue weighted by Gasteiger charge is 2.14. The minimum absolute atomic E-state index is 0. The van der Waals surface area contributed by atoms with Gasteiger partial charge in [0, 0.05) is 31.5 Å². The molecule has 0 radical (unpaired) electrons. The number of amides is 1. The van der Waals surface area contributed by atoms with Gasteiger partial charge in [0.2, 0.25) is 5.91 Å². The summed E-state index contributed by atoms with van der Waals surface area (Å²) in [5.74, 6) is -2.47. The summed E-state index contributed by atoms with van der Waals surface area (Å²) in [5, 5.41) is 2.62. The second-order valence-electron chi connectivity index (χ2n) is 4.66. The topological polar surface area (TPSA) is 72.2 Å². The van der Waals surface area contributed by atoms with E-state index in [-0.39, 0.29) is 42.8 Å². The molecule has 0 heterocycles. The van der Waals surface area contributed by atoms with Crippen molar-refractivity contribution in [2.75, 3.05) is 6.54 Å². The molecule has 0 saturated heterocycles.